The van der Waals surface area contributed by atoms with Crippen LogP contribution >= 0.6 is 0 Å². The summed E-state index contributed by atoms with van der Waals surface area (Å²) in [6.07, 6.45) is -3.35. The van der Waals surface area contributed by atoms with E-state index >= 15 is 0 Å². The largest absolute Gasteiger partial charge is 0.401 e. The fraction of sp³-hybridized carbons (Fsp3) is 1.00. The molecule has 0 saturated heterocycles. The van der Waals surface area contributed by atoms with Crippen molar-refractivity contribution in [3.05, 3.63) is 0 Å². The van der Waals surface area contributed by atoms with E-state index in [4.69, 9.17) is 0 Å². The number of nitrogens with zero attached hydrogens (tertiary/aromatic N) is 1. The zero-order valence-corrected chi connectivity index (χ0v) is 11.3. The van der Waals surface area contributed by atoms with Gasteiger partial charge in [-0.1, -0.05) is 27.7 Å². The fourth-order valence-corrected chi connectivity index (χ4v) is 1.75. The lowest BCUT2D eigenvalue weighted by Crippen LogP contribution is -2.40. The van der Waals surface area contributed by atoms with Crippen LogP contribution in [-0.2, 0) is 0 Å². The summed E-state index contributed by atoms with van der Waals surface area (Å²) in [5.41, 5.74) is 0. The summed E-state index contributed by atoms with van der Waals surface area (Å²) < 4.78 is 37.0. The van der Waals surface area contributed by atoms with Crippen LogP contribution in [0.15, 0.2) is 0 Å². The van der Waals surface area contributed by atoms with Crippen LogP contribution in [0.1, 0.15) is 34.1 Å². The molecule has 0 amide bonds. The minimum absolute atomic E-state index is 0.228. The van der Waals surface area contributed by atoms with Gasteiger partial charge in [-0.25, -0.2) is 0 Å². The lowest BCUT2D eigenvalue weighted by molar-refractivity contribution is -0.147. The van der Waals surface area contributed by atoms with E-state index in [0.717, 1.165) is 13.0 Å². The quantitative estimate of drug-likeness (QED) is 0.716. The normalized spacial score (nSPS) is 14.6. The molecule has 0 aromatic heterocycles. The van der Waals surface area contributed by atoms with Gasteiger partial charge in [0.2, 0.25) is 0 Å². The average Bonchev–Trinajstić information content (AvgIpc) is 2.12. The monoisotopic (exact) mass is 254 g/mol. The molecule has 0 fully saturated rings. The van der Waals surface area contributed by atoms with Crippen molar-refractivity contribution in [2.75, 3.05) is 26.2 Å². The molecule has 0 aromatic rings. The van der Waals surface area contributed by atoms with Crippen LogP contribution in [0.4, 0.5) is 13.2 Å². The molecule has 0 aliphatic rings. The minimum Gasteiger partial charge on any atom is -0.314 e. The van der Waals surface area contributed by atoms with Gasteiger partial charge in [-0.05, 0) is 25.4 Å². The first kappa shape index (κ1) is 16.7. The summed E-state index contributed by atoms with van der Waals surface area (Å²) in [6.45, 7) is 8.91. The van der Waals surface area contributed by atoms with Crippen LogP contribution in [0.2, 0.25) is 0 Å². The number of halogens is 3. The van der Waals surface area contributed by atoms with E-state index in [1.165, 1.54) is 4.90 Å². The molecule has 5 heteroatoms. The smallest absolute Gasteiger partial charge is 0.314 e. The van der Waals surface area contributed by atoms with Crippen molar-refractivity contribution >= 4 is 0 Å². The Morgan fingerprint density at radius 1 is 1.18 bits per heavy atom. The van der Waals surface area contributed by atoms with Gasteiger partial charge in [0.1, 0.15) is 0 Å². The third kappa shape index (κ3) is 10.6. The van der Waals surface area contributed by atoms with Crippen molar-refractivity contribution in [2.45, 2.75) is 46.3 Å². The van der Waals surface area contributed by atoms with Crippen molar-refractivity contribution in [2.24, 2.45) is 5.92 Å². The van der Waals surface area contributed by atoms with Crippen molar-refractivity contribution in [3.63, 3.8) is 0 Å². The Bertz CT molecular complexity index is 193. The molecule has 104 valence electrons. The van der Waals surface area contributed by atoms with Gasteiger partial charge in [-0.15, -0.1) is 0 Å². The van der Waals surface area contributed by atoms with E-state index in [2.05, 4.69) is 5.32 Å². The van der Waals surface area contributed by atoms with E-state index in [1.54, 1.807) is 0 Å². The highest BCUT2D eigenvalue weighted by atomic mass is 19.4. The van der Waals surface area contributed by atoms with Gasteiger partial charge in [0.25, 0.3) is 0 Å². The Labute approximate surface area is 103 Å². The van der Waals surface area contributed by atoms with Crippen LogP contribution in [0.25, 0.3) is 0 Å². The van der Waals surface area contributed by atoms with Crippen molar-refractivity contribution in [1.82, 2.24) is 10.2 Å². The maximum atomic E-state index is 12.3. The van der Waals surface area contributed by atoms with Gasteiger partial charge in [-0.2, -0.15) is 13.2 Å². The molecule has 1 N–H and O–H groups in total. The van der Waals surface area contributed by atoms with Gasteiger partial charge in [0.15, 0.2) is 0 Å². The SMILES string of the molecule is CCCN(CC(C)CNC(C)C)CC(F)(F)F. The predicted molar refractivity (Wildman–Crippen MR) is 65.1 cm³/mol. The lowest BCUT2D eigenvalue weighted by Gasteiger charge is -2.26. The van der Waals surface area contributed by atoms with E-state index in [-0.39, 0.29) is 5.92 Å². The number of nitrogens with one attached hydrogen (secondary N) is 1. The summed E-state index contributed by atoms with van der Waals surface area (Å²) in [5, 5.41) is 3.25. The highest BCUT2D eigenvalue weighted by molar-refractivity contribution is 4.68. The molecule has 0 heterocycles. The van der Waals surface area contributed by atoms with Crippen LogP contribution in [-0.4, -0.2) is 43.3 Å². The Balaban J connectivity index is 4.05. The Kier molecular flexibility index (Phi) is 7.79. The molecular weight excluding hydrogens is 229 g/mol. The van der Waals surface area contributed by atoms with Gasteiger partial charge < -0.3 is 5.32 Å². The fourth-order valence-electron chi connectivity index (χ4n) is 1.75. The zero-order chi connectivity index (χ0) is 13.5. The summed E-state index contributed by atoms with van der Waals surface area (Å²) in [5.74, 6) is 0.228. The molecule has 17 heavy (non-hydrogen) atoms. The van der Waals surface area contributed by atoms with Gasteiger partial charge in [0, 0.05) is 12.6 Å². The second-order valence-corrected chi connectivity index (χ2v) is 5.02. The number of hydrogen-bond donors (Lipinski definition) is 1. The molecule has 2 nitrogen and oxygen atoms in total. The molecule has 0 saturated carbocycles. The number of hydrogen-bond acceptors (Lipinski definition) is 2. The molecule has 0 aliphatic heterocycles. The van der Waals surface area contributed by atoms with E-state index in [1.807, 2.05) is 27.7 Å². The topological polar surface area (TPSA) is 15.3 Å². The maximum absolute atomic E-state index is 12.3. The van der Waals surface area contributed by atoms with Crippen LogP contribution in [0, 0.1) is 5.92 Å². The lowest BCUT2D eigenvalue weighted by atomic mass is 10.1. The first-order chi connectivity index (χ1) is 7.74. The molecule has 0 bridgehead atoms. The van der Waals surface area contributed by atoms with Crippen LogP contribution < -0.4 is 5.32 Å². The van der Waals surface area contributed by atoms with Crippen molar-refractivity contribution in [3.8, 4) is 0 Å². The molecule has 1 unspecified atom stereocenters. The van der Waals surface area contributed by atoms with E-state index in [0.29, 0.717) is 19.1 Å². The second-order valence-electron chi connectivity index (χ2n) is 5.02. The van der Waals surface area contributed by atoms with Crippen LogP contribution in [0.5, 0.6) is 0 Å². The highest BCUT2D eigenvalue weighted by Gasteiger charge is 2.30. The number of rotatable bonds is 8. The highest BCUT2D eigenvalue weighted by Crippen LogP contribution is 2.17. The summed E-state index contributed by atoms with van der Waals surface area (Å²) >= 11 is 0. The molecule has 0 aliphatic carbocycles. The number of alkyl halides is 3. The average molecular weight is 254 g/mol. The molecular formula is C12H25F3N2. The first-order valence-corrected chi connectivity index (χ1v) is 6.27. The minimum atomic E-state index is -4.10. The third-order valence-corrected chi connectivity index (χ3v) is 2.39. The van der Waals surface area contributed by atoms with Gasteiger partial charge in [0.05, 0.1) is 6.54 Å². The summed E-state index contributed by atoms with van der Waals surface area (Å²) in [7, 11) is 0. The molecule has 0 aromatic carbocycles. The van der Waals surface area contributed by atoms with E-state index < -0.39 is 12.7 Å². The van der Waals surface area contributed by atoms with E-state index in [9.17, 15) is 13.2 Å². The van der Waals surface area contributed by atoms with Crippen molar-refractivity contribution in [1.29, 1.82) is 0 Å². The molecule has 0 spiro atoms. The third-order valence-electron chi connectivity index (χ3n) is 2.39. The summed E-state index contributed by atoms with van der Waals surface area (Å²) in [4.78, 5) is 1.49. The maximum Gasteiger partial charge on any atom is 0.401 e. The Morgan fingerprint density at radius 3 is 2.18 bits per heavy atom. The Morgan fingerprint density at radius 2 is 1.76 bits per heavy atom. The predicted octanol–water partition coefficient (Wildman–Crippen LogP) is 2.89. The zero-order valence-electron chi connectivity index (χ0n) is 11.3. The molecule has 0 rings (SSSR count). The van der Waals surface area contributed by atoms with Crippen molar-refractivity contribution < 1.29 is 13.2 Å². The second kappa shape index (κ2) is 7.93. The molecule has 1 atom stereocenters. The first-order valence-electron chi connectivity index (χ1n) is 6.27. The van der Waals surface area contributed by atoms with Crippen LogP contribution in [0.3, 0.4) is 0 Å². The standard InChI is InChI=1S/C12H25F3N2/c1-5-6-17(9-12(13,14)15)8-11(4)7-16-10(2)3/h10-11,16H,5-9H2,1-4H3. The summed E-state index contributed by atoms with van der Waals surface area (Å²) in [6, 6.07) is 0.375. The Hall–Kier alpha value is -0.290. The molecule has 0 radical (unpaired) electrons. The van der Waals surface area contributed by atoms with Gasteiger partial charge in [-0.3, -0.25) is 4.90 Å². The van der Waals surface area contributed by atoms with Gasteiger partial charge >= 0.3 is 6.18 Å².